The number of halogens is 4. The molecule has 0 atom stereocenters. The minimum Gasteiger partial charge on any atom is -0.162 e. The highest BCUT2D eigenvalue weighted by molar-refractivity contribution is 7.99. The first kappa shape index (κ1) is 14.5. The molecule has 0 rings (SSSR count). The average molecular weight is 284 g/mol. The highest BCUT2D eigenvalue weighted by Gasteiger charge is 1.99. The van der Waals surface area contributed by atoms with Crippen LogP contribution in [0.3, 0.4) is 0 Å². The first-order valence-electron chi connectivity index (χ1n) is 4.27. The number of hydrogen-bond acceptors (Lipinski definition) is 1. The summed E-state index contributed by atoms with van der Waals surface area (Å²) in [6.45, 7) is 0. The zero-order valence-electron chi connectivity index (χ0n) is 7.32. The topological polar surface area (TPSA) is 0 Å². The molecule has 0 heterocycles. The lowest BCUT2D eigenvalue weighted by Crippen LogP contribution is -1.92. The van der Waals surface area contributed by atoms with Gasteiger partial charge in [0, 0.05) is 0 Å². The Bertz CT molecular complexity index is 96.3. The fraction of sp³-hybridized carbons (Fsp3) is 1.00. The number of rotatable bonds is 8. The first-order valence-corrected chi connectivity index (χ1v) is 7.17. The van der Waals surface area contributed by atoms with E-state index >= 15 is 0 Å². The van der Waals surface area contributed by atoms with Crippen molar-refractivity contribution in [2.75, 3.05) is 11.5 Å². The third-order valence-electron chi connectivity index (χ3n) is 1.42. The molecule has 0 aliphatic heterocycles. The minimum atomic E-state index is -0.212. The molecule has 0 nitrogen and oxygen atoms in total. The fourth-order valence-electron chi connectivity index (χ4n) is 0.781. The Morgan fingerprint density at radius 3 is 1.46 bits per heavy atom. The normalized spacial score (nSPS) is 11.5. The molecule has 13 heavy (non-hydrogen) atoms. The summed E-state index contributed by atoms with van der Waals surface area (Å²) in [5, 5.41) is 0. The Kier molecular flexibility index (Phi) is 11.2. The SMILES string of the molecule is ClC(Cl)CCCSCCCC(Cl)Cl. The molecule has 0 aliphatic carbocycles. The Labute approximate surface area is 105 Å². The van der Waals surface area contributed by atoms with Crippen molar-refractivity contribution < 1.29 is 0 Å². The van der Waals surface area contributed by atoms with Crippen molar-refractivity contribution in [1.29, 1.82) is 0 Å². The molecule has 0 saturated carbocycles. The molecule has 0 aromatic carbocycles. The fourth-order valence-corrected chi connectivity index (χ4v) is 2.34. The van der Waals surface area contributed by atoms with Crippen LogP contribution in [-0.2, 0) is 0 Å². The highest BCUT2D eigenvalue weighted by atomic mass is 35.5. The van der Waals surface area contributed by atoms with Crippen molar-refractivity contribution in [3.05, 3.63) is 0 Å². The van der Waals surface area contributed by atoms with Gasteiger partial charge in [-0.1, -0.05) is 0 Å². The van der Waals surface area contributed by atoms with E-state index in [1.54, 1.807) is 0 Å². The van der Waals surface area contributed by atoms with Crippen molar-refractivity contribution in [3.8, 4) is 0 Å². The summed E-state index contributed by atoms with van der Waals surface area (Å²) in [7, 11) is 0. The Morgan fingerprint density at radius 1 is 0.769 bits per heavy atom. The molecule has 0 aromatic rings. The Morgan fingerprint density at radius 2 is 1.15 bits per heavy atom. The van der Waals surface area contributed by atoms with Gasteiger partial charge in [0.1, 0.15) is 9.67 Å². The first-order chi connectivity index (χ1) is 6.13. The molecular formula is C8H14Cl4S. The molecule has 0 spiro atoms. The monoisotopic (exact) mass is 282 g/mol. The summed E-state index contributed by atoms with van der Waals surface area (Å²) in [6.07, 6.45) is 3.91. The van der Waals surface area contributed by atoms with E-state index in [1.165, 1.54) is 0 Å². The van der Waals surface area contributed by atoms with Crippen molar-refractivity contribution in [3.63, 3.8) is 0 Å². The van der Waals surface area contributed by atoms with Gasteiger partial charge in [0.2, 0.25) is 0 Å². The standard InChI is InChI=1S/C8H14Cl4S/c9-7(10)3-1-5-13-6-2-4-8(11)12/h7-8H,1-6H2. The smallest absolute Gasteiger partial charge is 0.107 e. The Balaban J connectivity index is 2.92. The molecule has 0 amide bonds. The number of alkyl halides is 4. The van der Waals surface area contributed by atoms with E-state index in [9.17, 15) is 0 Å². The second-order valence-electron chi connectivity index (χ2n) is 2.68. The van der Waals surface area contributed by atoms with Crippen LogP contribution in [-0.4, -0.2) is 21.2 Å². The molecule has 5 heteroatoms. The second kappa shape index (κ2) is 10.0. The maximum atomic E-state index is 5.58. The lowest BCUT2D eigenvalue weighted by atomic mass is 10.4. The molecule has 0 unspecified atom stereocenters. The van der Waals surface area contributed by atoms with E-state index in [0.29, 0.717) is 0 Å². The zero-order valence-corrected chi connectivity index (χ0v) is 11.2. The predicted octanol–water partition coefficient (Wildman–Crippen LogP) is 4.89. The maximum Gasteiger partial charge on any atom is 0.107 e. The van der Waals surface area contributed by atoms with Crippen LogP contribution in [0.1, 0.15) is 25.7 Å². The van der Waals surface area contributed by atoms with E-state index in [0.717, 1.165) is 37.2 Å². The van der Waals surface area contributed by atoms with Crippen LogP contribution in [0.25, 0.3) is 0 Å². The van der Waals surface area contributed by atoms with Gasteiger partial charge in [-0.3, -0.25) is 0 Å². The van der Waals surface area contributed by atoms with E-state index in [4.69, 9.17) is 46.4 Å². The van der Waals surface area contributed by atoms with Crippen LogP contribution in [0.15, 0.2) is 0 Å². The molecule has 0 N–H and O–H groups in total. The molecular weight excluding hydrogens is 270 g/mol. The van der Waals surface area contributed by atoms with Gasteiger partial charge >= 0.3 is 0 Å². The van der Waals surface area contributed by atoms with Gasteiger partial charge in [0.05, 0.1) is 0 Å². The summed E-state index contributed by atoms with van der Waals surface area (Å²) >= 11 is 24.2. The molecule has 0 saturated heterocycles. The molecule has 0 fully saturated rings. The average Bonchev–Trinajstić information content (AvgIpc) is 2.01. The molecule has 0 radical (unpaired) electrons. The summed E-state index contributed by atoms with van der Waals surface area (Å²) < 4.78 is 0. The van der Waals surface area contributed by atoms with Crippen LogP contribution in [0.2, 0.25) is 0 Å². The predicted molar refractivity (Wildman–Crippen MR) is 66.8 cm³/mol. The Hall–Kier alpha value is 1.51. The molecule has 0 aliphatic rings. The summed E-state index contributed by atoms with van der Waals surface area (Å²) in [4.78, 5) is -0.425. The lowest BCUT2D eigenvalue weighted by Gasteiger charge is -2.02. The van der Waals surface area contributed by atoms with Gasteiger partial charge in [-0.05, 0) is 37.2 Å². The summed E-state index contributed by atoms with van der Waals surface area (Å²) in [5.74, 6) is 2.23. The van der Waals surface area contributed by atoms with E-state index in [1.807, 2.05) is 11.8 Å². The zero-order chi connectivity index (χ0) is 10.1. The number of thioether (sulfide) groups is 1. The molecule has 0 bridgehead atoms. The van der Waals surface area contributed by atoms with Crippen molar-refractivity contribution in [2.24, 2.45) is 0 Å². The van der Waals surface area contributed by atoms with Gasteiger partial charge in [-0.25, -0.2) is 0 Å². The van der Waals surface area contributed by atoms with Crippen LogP contribution in [0.4, 0.5) is 0 Å². The van der Waals surface area contributed by atoms with Gasteiger partial charge in [0.25, 0.3) is 0 Å². The van der Waals surface area contributed by atoms with E-state index in [2.05, 4.69) is 0 Å². The minimum absolute atomic E-state index is 0.212. The van der Waals surface area contributed by atoms with Gasteiger partial charge in [-0.2, -0.15) is 11.8 Å². The highest BCUT2D eigenvalue weighted by Crippen LogP contribution is 2.16. The van der Waals surface area contributed by atoms with E-state index in [-0.39, 0.29) is 9.67 Å². The quantitative estimate of drug-likeness (QED) is 0.452. The second-order valence-corrected chi connectivity index (χ2v) is 6.46. The summed E-state index contributed by atoms with van der Waals surface area (Å²) in [6, 6.07) is 0. The van der Waals surface area contributed by atoms with Gasteiger partial charge < -0.3 is 0 Å². The maximum absolute atomic E-state index is 5.58. The van der Waals surface area contributed by atoms with Crippen LogP contribution in [0, 0.1) is 0 Å². The van der Waals surface area contributed by atoms with Gasteiger partial charge in [0.15, 0.2) is 0 Å². The van der Waals surface area contributed by atoms with Gasteiger partial charge in [-0.15, -0.1) is 46.4 Å². The molecule has 0 aromatic heterocycles. The van der Waals surface area contributed by atoms with Crippen LogP contribution < -0.4 is 0 Å². The lowest BCUT2D eigenvalue weighted by molar-refractivity contribution is 0.853. The largest absolute Gasteiger partial charge is 0.162 e. The summed E-state index contributed by atoms with van der Waals surface area (Å²) in [5.41, 5.74) is 0. The third kappa shape index (κ3) is 13.5. The van der Waals surface area contributed by atoms with Crippen LogP contribution in [0.5, 0.6) is 0 Å². The van der Waals surface area contributed by atoms with E-state index < -0.39 is 0 Å². The van der Waals surface area contributed by atoms with Crippen molar-refractivity contribution in [2.45, 2.75) is 35.4 Å². The van der Waals surface area contributed by atoms with Crippen LogP contribution >= 0.6 is 58.2 Å². The number of hydrogen-bond donors (Lipinski definition) is 0. The molecule has 80 valence electrons. The third-order valence-corrected chi connectivity index (χ3v) is 3.45. The van der Waals surface area contributed by atoms with Crippen molar-refractivity contribution in [1.82, 2.24) is 0 Å². The van der Waals surface area contributed by atoms with Crippen molar-refractivity contribution >= 4 is 58.2 Å².